The molecule has 0 unspecified atom stereocenters. The van der Waals surface area contributed by atoms with Crippen LogP contribution in [0.25, 0.3) is 0 Å². The molecule has 17 heavy (non-hydrogen) atoms. The predicted molar refractivity (Wildman–Crippen MR) is 44.1 cm³/mol. The minimum absolute atomic E-state index is 0. The van der Waals surface area contributed by atoms with Crippen molar-refractivity contribution < 1.29 is 64.8 Å². The Kier molecular flexibility index (Phi) is 18.3. The van der Waals surface area contributed by atoms with Gasteiger partial charge >= 0.3 is 35.9 Å². The van der Waals surface area contributed by atoms with Gasteiger partial charge < -0.3 is 0 Å². The van der Waals surface area contributed by atoms with Gasteiger partial charge in [-0.2, -0.15) is 36.4 Å². The van der Waals surface area contributed by atoms with E-state index in [1.54, 1.807) is 0 Å². The Morgan fingerprint density at radius 3 is 0.882 bits per heavy atom. The molecular formula is C10H10ClFeLiO4. The van der Waals surface area contributed by atoms with Crippen LogP contribution < -0.4 is 37.5 Å². The van der Waals surface area contributed by atoms with E-state index >= 15 is 0 Å². The fraction of sp³-hybridized carbons (Fsp3) is 0. The zero-order chi connectivity index (χ0) is 11.6. The molecule has 0 aromatic heterocycles. The normalized spacial score (nSPS) is 8.24. The molecule has 0 spiro atoms. The van der Waals surface area contributed by atoms with Crippen LogP contribution in [0, 0.1) is 10.2 Å². The van der Waals surface area contributed by atoms with Gasteiger partial charge in [0, 0.05) is 0 Å². The maximum absolute atomic E-state index is 8.49. The maximum Gasteiger partial charge on any atom is 2.00 e. The van der Waals surface area contributed by atoms with E-state index in [4.69, 9.17) is 18.6 Å². The van der Waals surface area contributed by atoms with Crippen LogP contribution in [-0.2, 0) is 17.1 Å². The summed E-state index contributed by atoms with van der Waals surface area (Å²) in [6.45, 7) is 0. The Bertz CT molecular complexity index is 228. The molecule has 0 aliphatic heterocycles. The van der Waals surface area contributed by atoms with Crippen molar-refractivity contribution in [2.45, 2.75) is 0 Å². The van der Waals surface area contributed by atoms with E-state index in [1.165, 1.54) is 0 Å². The molecule has 2 aromatic carbocycles. The third-order valence-electron chi connectivity index (χ3n) is 1.11. The fourth-order valence-electron chi connectivity index (χ4n) is 0.642. The molecule has 4 nitrogen and oxygen atoms in total. The van der Waals surface area contributed by atoms with Gasteiger partial charge in [0.2, 0.25) is 0 Å². The average Bonchev–Trinajstić information content (AvgIpc) is 2.81. The minimum atomic E-state index is -4.94. The van der Waals surface area contributed by atoms with Crippen LogP contribution in [0.2, 0.25) is 0 Å². The average molecular weight is 292 g/mol. The van der Waals surface area contributed by atoms with E-state index < -0.39 is 10.2 Å². The van der Waals surface area contributed by atoms with E-state index in [0.29, 0.717) is 0 Å². The molecule has 0 saturated heterocycles. The second kappa shape index (κ2) is 14.0. The SMILES string of the molecule is [Fe+2].[Li+].[O-][Cl+3]([O-])([O-])[O-].c1cc[cH-]c1.c1cc[cH-]c1. The molecule has 0 heterocycles. The summed E-state index contributed by atoms with van der Waals surface area (Å²) in [5.74, 6) is 0. The molecule has 0 N–H and O–H groups in total. The van der Waals surface area contributed by atoms with Gasteiger partial charge in [0.15, 0.2) is 0 Å². The summed E-state index contributed by atoms with van der Waals surface area (Å²) in [5, 5.41) is 0. The molecule has 90 valence electrons. The van der Waals surface area contributed by atoms with Crippen LogP contribution in [-0.4, -0.2) is 0 Å². The molecule has 0 fully saturated rings. The minimum Gasteiger partial charge on any atom is -0.222 e. The summed E-state index contributed by atoms with van der Waals surface area (Å²) in [4.78, 5) is 0. The first kappa shape index (κ1) is 22.2. The monoisotopic (exact) mass is 292 g/mol. The Balaban J connectivity index is -0.000000163. The Labute approximate surface area is 125 Å². The number of hydrogen-bond donors (Lipinski definition) is 0. The van der Waals surface area contributed by atoms with Crippen LogP contribution in [0.4, 0.5) is 0 Å². The maximum atomic E-state index is 8.49. The number of hydrogen-bond acceptors (Lipinski definition) is 4. The molecule has 0 atom stereocenters. The first-order valence-corrected chi connectivity index (χ1v) is 5.18. The van der Waals surface area contributed by atoms with Crippen LogP contribution >= 0.6 is 0 Å². The van der Waals surface area contributed by atoms with E-state index in [-0.39, 0.29) is 35.9 Å². The van der Waals surface area contributed by atoms with E-state index in [9.17, 15) is 0 Å². The molecule has 0 amide bonds. The summed E-state index contributed by atoms with van der Waals surface area (Å²) in [7, 11) is -4.94. The molecule has 7 heteroatoms. The smallest absolute Gasteiger partial charge is 0.222 e. The molecule has 2 rings (SSSR count). The molecule has 2 aromatic rings. The van der Waals surface area contributed by atoms with Gasteiger partial charge in [-0.3, -0.25) is 0 Å². The van der Waals surface area contributed by atoms with Crippen molar-refractivity contribution in [3.8, 4) is 0 Å². The standard InChI is InChI=1S/2C5H5.ClHO4.Fe.Li/c2*1-2-4-5-3-1;2-1(3,4)5;;/h2*1-5H;(H,2,3,4,5);;/q2*-1;;+2;+1/p-1. The zero-order valence-corrected chi connectivity index (χ0v) is 11.0. The first-order valence-electron chi connectivity index (χ1n) is 3.95. The van der Waals surface area contributed by atoms with Crippen molar-refractivity contribution in [1.29, 1.82) is 0 Å². The number of rotatable bonds is 0. The van der Waals surface area contributed by atoms with Gasteiger partial charge in [-0.05, 0) is 0 Å². The Morgan fingerprint density at radius 2 is 0.824 bits per heavy atom. The summed E-state index contributed by atoms with van der Waals surface area (Å²) < 4.78 is 34.0. The van der Waals surface area contributed by atoms with Crippen LogP contribution in [0.3, 0.4) is 0 Å². The fourth-order valence-corrected chi connectivity index (χ4v) is 0.642. The van der Waals surface area contributed by atoms with Crippen LogP contribution in [0.1, 0.15) is 0 Å². The third-order valence-corrected chi connectivity index (χ3v) is 1.11. The second-order valence-electron chi connectivity index (χ2n) is 2.30. The van der Waals surface area contributed by atoms with E-state index in [0.717, 1.165) is 0 Å². The molecule has 0 radical (unpaired) electrons. The molecule has 0 bridgehead atoms. The predicted octanol–water partition coefficient (Wildman–Crippen LogP) is -4.94. The molecule has 0 aliphatic carbocycles. The van der Waals surface area contributed by atoms with Crippen molar-refractivity contribution in [2.24, 2.45) is 0 Å². The largest absolute Gasteiger partial charge is 2.00 e. The molecular weight excluding hydrogens is 282 g/mol. The summed E-state index contributed by atoms with van der Waals surface area (Å²) in [6.07, 6.45) is 0. The van der Waals surface area contributed by atoms with Gasteiger partial charge in [0.25, 0.3) is 0 Å². The molecule has 0 saturated carbocycles. The zero-order valence-electron chi connectivity index (χ0n) is 9.14. The summed E-state index contributed by atoms with van der Waals surface area (Å²) >= 11 is 0. The van der Waals surface area contributed by atoms with Crippen molar-refractivity contribution in [3.05, 3.63) is 60.7 Å². The van der Waals surface area contributed by atoms with Crippen molar-refractivity contribution in [1.82, 2.24) is 0 Å². The van der Waals surface area contributed by atoms with Gasteiger partial charge in [-0.25, -0.2) is 42.9 Å². The third kappa shape index (κ3) is 31.4. The number of halogens is 1. The molecule has 0 aliphatic rings. The summed E-state index contributed by atoms with van der Waals surface area (Å²) in [6, 6.07) is 20.0. The van der Waals surface area contributed by atoms with Gasteiger partial charge in [0.05, 0.1) is 0 Å². The van der Waals surface area contributed by atoms with E-state index in [1.807, 2.05) is 60.7 Å². The van der Waals surface area contributed by atoms with Gasteiger partial charge in [0.1, 0.15) is 0 Å². The van der Waals surface area contributed by atoms with Gasteiger partial charge in [-0.15, -0.1) is 10.2 Å². The van der Waals surface area contributed by atoms with Crippen LogP contribution in [0.15, 0.2) is 60.7 Å². The van der Waals surface area contributed by atoms with Gasteiger partial charge in [-0.1, -0.05) is 0 Å². The topological polar surface area (TPSA) is 92.2 Å². The first-order chi connectivity index (χ1) is 7.00. The quantitative estimate of drug-likeness (QED) is 0.359. The van der Waals surface area contributed by atoms with Crippen molar-refractivity contribution in [3.63, 3.8) is 0 Å². The van der Waals surface area contributed by atoms with E-state index in [2.05, 4.69) is 0 Å². The second-order valence-corrected chi connectivity index (χ2v) is 3.06. The Hall–Kier alpha value is -0.0531. The van der Waals surface area contributed by atoms with Crippen molar-refractivity contribution >= 4 is 0 Å². The summed E-state index contributed by atoms with van der Waals surface area (Å²) in [5.41, 5.74) is 0. The van der Waals surface area contributed by atoms with Crippen LogP contribution in [0.5, 0.6) is 0 Å². The Morgan fingerprint density at radius 1 is 0.647 bits per heavy atom. The van der Waals surface area contributed by atoms with Crippen molar-refractivity contribution in [2.75, 3.05) is 0 Å².